The maximum atomic E-state index is 4.76. The number of aromatic nitrogens is 4. The number of hydrogen-bond donors (Lipinski definition) is 1. The van der Waals surface area contributed by atoms with E-state index in [1.807, 2.05) is 35.1 Å². The Kier molecular flexibility index (Phi) is 3.65. The summed E-state index contributed by atoms with van der Waals surface area (Å²) in [6, 6.07) is 16.4. The predicted octanol–water partition coefficient (Wildman–Crippen LogP) is 5.37. The van der Waals surface area contributed by atoms with Crippen LogP contribution in [0.15, 0.2) is 60.9 Å². The molecule has 5 aromatic rings. The van der Waals surface area contributed by atoms with Crippen LogP contribution < -0.4 is 5.32 Å². The zero-order valence-electron chi connectivity index (χ0n) is 15.0. The Morgan fingerprint density at radius 1 is 0.963 bits per heavy atom. The maximum Gasteiger partial charge on any atom is 0.154 e. The molecule has 132 valence electrons. The summed E-state index contributed by atoms with van der Waals surface area (Å²) in [6.45, 7) is 4.22. The summed E-state index contributed by atoms with van der Waals surface area (Å²) in [4.78, 5) is 10.0. The van der Waals surface area contributed by atoms with Gasteiger partial charge in [-0.15, -0.1) is 16.4 Å². The lowest BCUT2D eigenvalue weighted by Gasteiger charge is -2.08. The minimum Gasteiger partial charge on any atom is -0.339 e. The number of hydrogen-bond acceptors (Lipinski definition) is 5. The van der Waals surface area contributed by atoms with Crippen molar-refractivity contribution in [2.75, 3.05) is 5.32 Å². The second-order valence-corrected chi connectivity index (χ2v) is 7.64. The quantitative estimate of drug-likeness (QED) is 0.463. The van der Waals surface area contributed by atoms with Gasteiger partial charge in [0.2, 0.25) is 0 Å². The van der Waals surface area contributed by atoms with Gasteiger partial charge >= 0.3 is 0 Å². The fourth-order valence-corrected chi connectivity index (χ4v) is 4.08. The van der Waals surface area contributed by atoms with E-state index in [0.29, 0.717) is 0 Å². The summed E-state index contributed by atoms with van der Waals surface area (Å²) in [5, 5.41) is 8.15. The molecule has 0 unspecified atom stereocenters. The molecule has 4 aromatic heterocycles. The van der Waals surface area contributed by atoms with Gasteiger partial charge in [0, 0.05) is 11.9 Å². The Balaban J connectivity index is 1.56. The van der Waals surface area contributed by atoms with E-state index in [0.717, 1.165) is 37.9 Å². The third kappa shape index (κ3) is 2.84. The van der Waals surface area contributed by atoms with E-state index in [9.17, 15) is 0 Å². The molecule has 0 atom stereocenters. The fourth-order valence-electron chi connectivity index (χ4n) is 3.07. The number of thiophene rings is 1. The molecule has 1 N–H and O–H groups in total. The third-order valence-electron chi connectivity index (χ3n) is 4.68. The molecule has 1 aromatic carbocycles. The molecule has 6 heteroatoms. The van der Waals surface area contributed by atoms with E-state index >= 15 is 0 Å². The van der Waals surface area contributed by atoms with Gasteiger partial charge in [-0.25, -0.2) is 9.50 Å². The SMILES string of the molecule is Cc1ccc(Nc2ccc3ncc(-c4cc5ncccc5s4)n3n2)cc1C. The number of aryl methyl sites for hydroxylation is 2. The van der Waals surface area contributed by atoms with Gasteiger partial charge in [0.05, 0.1) is 21.3 Å². The van der Waals surface area contributed by atoms with E-state index in [1.165, 1.54) is 11.1 Å². The molecule has 5 rings (SSSR count). The van der Waals surface area contributed by atoms with Crippen molar-refractivity contribution in [3.05, 3.63) is 72.1 Å². The average molecular weight is 371 g/mol. The van der Waals surface area contributed by atoms with Gasteiger partial charge in [-0.1, -0.05) is 6.07 Å². The van der Waals surface area contributed by atoms with Gasteiger partial charge < -0.3 is 5.32 Å². The van der Waals surface area contributed by atoms with E-state index in [4.69, 9.17) is 5.10 Å². The molecular formula is C21H17N5S. The first-order valence-electron chi connectivity index (χ1n) is 8.71. The van der Waals surface area contributed by atoms with Crippen molar-refractivity contribution in [2.45, 2.75) is 13.8 Å². The normalized spacial score (nSPS) is 11.3. The second kappa shape index (κ2) is 6.17. The molecule has 5 nitrogen and oxygen atoms in total. The number of imidazole rings is 1. The molecule has 0 spiro atoms. The van der Waals surface area contributed by atoms with Crippen LogP contribution in [0.1, 0.15) is 11.1 Å². The van der Waals surface area contributed by atoms with Crippen molar-refractivity contribution in [2.24, 2.45) is 0 Å². The van der Waals surface area contributed by atoms with Crippen LogP contribution in [0.25, 0.3) is 26.4 Å². The number of pyridine rings is 1. The molecule has 0 bridgehead atoms. The second-order valence-electron chi connectivity index (χ2n) is 6.55. The van der Waals surface area contributed by atoms with Crippen LogP contribution >= 0.6 is 11.3 Å². The van der Waals surface area contributed by atoms with E-state index in [1.54, 1.807) is 11.3 Å². The number of anilines is 2. The first-order valence-corrected chi connectivity index (χ1v) is 9.53. The summed E-state index contributed by atoms with van der Waals surface area (Å²) >= 11 is 1.70. The highest BCUT2D eigenvalue weighted by Crippen LogP contribution is 2.32. The molecule has 27 heavy (non-hydrogen) atoms. The largest absolute Gasteiger partial charge is 0.339 e. The van der Waals surface area contributed by atoms with E-state index < -0.39 is 0 Å². The number of rotatable bonds is 3. The lowest BCUT2D eigenvalue weighted by atomic mass is 10.1. The number of nitrogens with zero attached hydrogens (tertiary/aromatic N) is 4. The molecule has 0 saturated carbocycles. The van der Waals surface area contributed by atoms with Crippen LogP contribution in [0.2, 0.25) is 0 Å². The third-order valence-corrected chi connectivity index (χ3v) is 5.79. The number of benzene rings is 1. The molecule has 0 aliphatic rings. The maximum absolute atomic E-state index is 4.76. The molecule has 0 fully saturated rings. The smallest absolute Gasteiger partial charge is 0.154 e. The molecular weight excluding hydrogens is 354 g/mol. The van der Waals surface area contributed by atoms with E-state index in [2.05, 4.69) is 59.5 Å². The molecule has 0 aliphatic heterocycles. The Hall–Kier alpha value is -3.25. The van der Waals surface area contributed by atoms with Crippen molar-refractivity contribution in [3.63, 3.8) is 0 Å². The van der Waals surface area contributed by atoms with Crippen LogP contribution in [0.3, 0.4) is 0 Å². The van der Waals surface area contributed by atoms with Crippen molar-refractivity contribution in [1.29, 1.82) is 0 Å². The summed E-state index contributed by atoms with van der Waals surface area (Å²) < 4.78 is 3.04. The monoisotopic (exact) mass is 371 g/mol. The summed E-state index contributed by atoms with van der Waals surface area (Å²) in [7, 11) is 0. The van der Waals surface area contributed by atoms with Gasteiger partial charge in [-0.05, 0) is 67.4 Å². The van der Waals surface area contributed by atoms with E-state index in [-0.39, 0.29) is 0 Å². The minimum atomic E-state index is 0.782. The number of fused-ring (bicyclic) bond motifs is 2. The van der Waals surface area contributed by atoms with Crippen molar-refractivity contribution in [1.82, 2.24) is 19.6 Å². The Bertz CT molecular complexity index is 1250. The predicted molar refractivity (Wildman–Crippen MR) is 111 cm³/mol. The lowest BCUT2D eigenvalue weighted by molar-refractivity contribution is 0.950. The molecule has 0 amide bonds. The first kappa shape index (κ1) is 16.0. The van der Waals surface area contributed by atoms with Gasteiger partial charge in [-0.3, -0.25) is 4.98 Å². The zero-order valence-corrected chi connectivity index (χ0v) is 15.8. The lowest BCUT2D eigenvalue weighted by Crippen LogP contribution is -2.00. The van der Waals surface area contributed by atoms with Gasteiger partial charge in [0.15, 0.2) is 11.5 Å². The van der Waals surface area contributed by atoms with Gasteiger partial charge in [-0.2, -0.15) is 0 Å². The molecule has 0 saturated heterocycles. The highest BCUT2D eigenvalue weighted by Gasteiger charge is 2.12. The highest BCUT2D eigenvalue weighted by molar-refractivity contribution is 7.22. The van der Waals surface area contributed by atoms with Gasteiger partial charge in [0.25, 0.3) is 0 Å². The Labute approximate surface area is 160 Å². The van der Waals surface area contributed by atoms with Crippen molar-refractivity contribution in [3.8, 4) is 10.6 Å². The Morgan fingerprint density at radius 2 is 1.89 bits per heavy atom. The van der Waals surface area contributed by atoms with Crippen LogP contribution in [-0.4, -0.2) is 19.6 Å². The summed E-state index contributed by atoms with van der Waals surface area (Å²) in [6.07, 6.45) is 3.68. The summed E-state index contributed by atoms with van der Waals surface area (Å²) in [5.41, 5.74) is 6.34. The topological polar surface area (TPSA) is 55.1 Å². The van der Waals surface area contributed by atoms with Crippen LogP contribution in [0.4, 0.5) is 11.5 Å². The average Bonchev–Trinajstić information content (AvgIpc) is 3.28. The van der Waals surface area contributed by atoms with Gasteiger partial charge in [0.1, 0.15) is 5.69 Å². The van der Waals surface area contributed by atoms with Crippen LogP contribution in [0.5, 0.6) is 0 Å². The van der Waals surface area contributed by atoms with Crippen molar-refractivity contribution < 1.29 is 0 Å². The summed E-state index contributed by atoms with van der Waals surface area (Å²) in [5.74, 6) is 0.782. The molecule has 0 radical (unpaired) electrons. The fraction of sp³-hybridized carbons (Fsp3) is 0.0952. The Morgan fingerprint density at radius 3 is 2.74 bits per heavy atom. The first-order chi connectivity index (χ1) is 13.2. The van der Waals surface area contributed by atoms with Crippen LogP contribution in [-0.2, 0) is 0 Å². The standard InChI is InChI=1S/C21H17N5S/c1-13-5-6-15(10-14(13)2)24-20-7-8-21-23-12-17(26(21)25-20)19-11-16-18(27-19)4-3-9-22-16/h3-12H,1-2H3,(H,24,25). The molecule has 4 heterocycles. The number of nitrogens with one attached hydrogen (secondary N) is 1. The van der Waals surface area contributed by atoms with Crippen LogP contribution in [0, 0.1) is 13.8 Å². The minimum absolute atomic E-state index is 0.782. The molecule has 0 aliphatic carbocycles. The zero-order chi connectivity index (χ0) is 18.4. The van der Waals surface area contributed by atoms with Crippen molar-refractivity contribution >= 4 is 38.7 Å². The highest BCUT2D eigenvalue weighted by atomic mass is 32.1.